The molecule has 34 heavy (non-hydrogen) atoms. The summed E-state index contributed by atoms with van der Waals surface area (Å²) in [6.45, 7) is 1.33. The summed E-state index contributed by atoms with van der Waals surface area (Å²) < 4.78 is 27.3. The highest BCUT2D eigenvalue weighted by Gasteiger charge is 2.25. The molecule has 0 atom stereocenters. The van der Waals surface area contributed by atoms with Crippen LogP contribution in [0.25, 0.3) is 21.8 Å². The van der Waals surface area contributed by atoms with E-state index in [9.17, 15) is 13.2 Å². The van der Waals surface area contributed by atoms with Gasteiger partial charge in [-0.05, 0) is 47.9 Å². The molecule has 1 aliphatic heterocycles. The van der Waals surface area contributed by atoms with Gasteiger partial charge in [0.2, 0.25) is 15.9 Å². The van der Waals surface area contributed by atoms with E-state index >= 15 is 0 Å². The molecule has 3 aromatic carbocycles. The molecular weight excluding hydrogens is 450 g/mol. The van der Waals surface area contributed by atoms with E-state index in [1.165, 1.54) is 7.05 Å². The van der Waals surface area contributed by atoms with E-state index in [0.717, 1.165) is 46.5 Å². The number of fused-ring (bicyclic) bond motifs is 2. The number of amides is 1. The molecule has 0 aliphatic carbocycles. The second-order valence-corrected chi connectivity index (χ2v) is 10.4. The third-order valence-corrected chi connectivity index (χ3v) is 7.81. The summed E-state index contributed by atoms with van der Waals surface area (Å²) in [5.74, 6) is 0.489. The van der Waals surface area contributed by atoms with Crippen LogP contribution in [0.4, 0.5) is 11.6 Å². The summed E-state index contributed by atoms with van der Waals surface area (Å²) in [4.78, 5) is 24.5. The molecule has 174 valence electrons. The zero-order valence-electron chi connectivity index (χ0n) is 18.8. The fourth-order valence-corrected chi connectivity index (χ4v) is 5.35. The van der Waals surface area contributed by atoms with Gasteiger partial charge in [0.1, 0.15) is 0 Å². The molecule has 1 saturated heterocycles. The molecule has 2 heterocycles. The quantitative estimate of drug-likeness (QED) is 0.457. The van der Waals surface area contributed by atoms with E-state index in [1.807, 2.05) is 48.5 Å². The Balaban J connectivity index is 1.38. The van der Waals surface area contributed by atoms with Gasteiger partial charge in [-0.25, -0.2) is 18.4 Å². The summed E-state index contributed by atoms with van der Waals surface area (Å²) >= 11 is 0. The number of nitrogens with zero attached hydrogens (tertiary/aromatic N) is 4. The Morgan fingerprint density at radius 3 is 2.32 bits per heavy atom. The Morgan fingerprint density at radius 1 is 0.941 bits per heavy atom. The first-order valence-electron chi connectivity index (χ1n) is 11.2. The van der Waals surface area contributed by atoms with Gasteiger partial charge < -0.3 is 10.2 Å². The molecule has 0 spiro atoms. The molecule has 1 aliphatic rings. The van der Waals surface area contributed by atoms with Gasteiger partial charge in [-0.3, -0.25) is 4.79 Å². The molecule has 1 N–H and O–H groups in total. The van der Waals surface area contributed by atoms with Gasteiger partial charge >= 0.3 is 0 Å². The van der Waals surface area contributed by atoms with Crippen molar-refractivity contribution in [3.8, 4) is 0 Å². The molecule has 8 nitrogen and oxygen atoms in total. The number of para-hydroxylation sites is 2. The van der Waals surface area contributed by atoms with E-state index < -0.39 is 15.9 Å². The Kier molecular flexibility index (Phi) is 5.89. The van der Waals surface area contributed by atoms with Gasteiger partial charge in [-0.1, -0.05) is 42.5 Å². The third-order valence-electron chi connectivity index (χ3n) is 6.01. The van der Waals surface area contributed by atoms with Gasteiger partial charge in [-0.2, -0.15) is 4.31 Å². The smallest absolute Gasteiger partial charge is 0.243 e. The van der Waals surface area contributed by atoms with Crippen molar-refractivity contribution in [2.45, 2.75) is 17.7 Å². The topological polar surface area (TPSA) is 95.5 Å². The maximum absolute atomic E-state index is 13.1. The van der Waals surface area contributed by atoms with Crippen LogP contribution in [0.3, 0.4) is 0 Å². The maximum Gasteiger partial charge on any atom is 0.243 e. The Hall–Kier alpha value is -3.56. The normalized spacial score (nSPS) is 14.2. The van der Waals surface area contributed by atoms with Crippen molar-refractivity contribution in [1.82, 2.24) is 14.3 Å². The number of nitrogens with one attached hydrogen (secondary N) is 1. The standard InChI is InChI=1S/C25H25N5O3S/c1-29(34(32,33)20-13-12-18-8-2-3-9-19(18)16-20)17-23(31)28-24-25(30-14-6-7-15-30)27-22-11-5-4-10-21(22)26-24/h2-5,8-13,16H,6-7,14-15,17H2,1H3,(H,26,28,31). The number of likely N-dealkylation sites (N-methyl/N-ethyl adjacent to an activating group) is 1. The summed E-state index contributed by atoms with van der Waals surface area (Å²) in [6, 6.07) is 20.0. The number of benzene rings is 3. The van der Waals surface area contributed by atoms with Crippen molar-refractivity contribution in [1.29, 1.82) is 0 Å². The molecule has 0 bridgehead atoms. The van der Waals surface area contributed by atoms with Gasteiger partial charge in [0.15, 0.2) is 11.6 Å². The zero-order valence-corrected chi connectivity index (χ0v) is 19.6. The lowest BCUT2D eigenvalue weighted by Crippen LogP contribution is -2.35. The van der Waals surface area contributed by atoms with E-state index in [1.54, 1.807) is 18.2 Å². The lowest BCUT2D eigenvalue weighted by molar-refractivity contribution is -0.116. The average molecular weight is 476 g/mol. The van der Waals surface area contributed by atoms with Gasteiger partial charge in [0.05, 0.1) is 22.5 Å². The van der Waals surface area contributed by atoms with Crippen molar-refractivity contribution in [3.63, 3.8) is 0 Å². The number of carbonyl (C=O) groups excluding carboxylic acids is 1. The van der Waals surface area contributed by atoms with E-state index in [0.29, 0.717) is 17.2 Å². The molecule has 0 radical (unpaired) electrons. The van der Waals surface area contributed by atoms with Crippen LogP contribution in [0.15, 0.2) is 71.6 Å². The number of rotatable bonds is 6. The highest BCUT2D eigenvalue weighted by atomic mass is 32.2. The molecule has 4 aromatic rings. The fraction of sp³-hybridized carbons (Fsp3) is 0.240. The first-order chi connectivity index (χ1) is 16.4. The van der Waals surface area contributed by atoms with Gasteiger partial charge in [0, 0.05) is 20.1 Å². The van der Waals surface area contributed by atoms with Crippen molar-refractivity contribution in [2.75, 3.05) is 36.9 Å². The Bertz CT molecular complexity index is 1480. The Morgan fingerprint density at radius 2 is 1.59 bits per heavy atom. The fourth-order valence-electron chi connectivity index (χ4n) is 4.19. The lowest BCUT2D eigenvalue weighted by Gasteiger charge is -2.21. The molecule has 9 heteroatoms. The lowest BCUT2D eigenvalue weighted by atomic mass is 10.1. The van der Waals surface area contributed by atoms with Crippen LogP contribution < -0.4 is 10.2 Å². The van der Waals surface area contributed by atoms with Crippen LogP contribution in [0.5, 0.6) is 0 Å². The number of anilines is 2. The molecular formula is C25H25N5O3S. The van der Waals surface area contributed by atoms with Crippen LogP contribution in [0, 0.1) is 0 Å². The van der Waals surface area contributed by atoms with Crippen molar-refractivity contribution in [3.05, 3.63) is 66.7 Å². The van der Waals surface area contributed by atoms with Crippen molar-refractivity contribution in [2.24, 2.45) is 0 Å². The van der Waals surface area contributed by atoms with E-state index in [4.69, 9.17) is 4.98 Å². The summed E-state index contributed by atoms with van der Waals surface area (Å²) in [5, 5.41) is 4.58. The molecule has 1 amide bonds. The van der Waals surface area contributed by atoms with Gasteiger partial charge in [-0.15, -0.1) is 0 Å². The zero-order chi connectivity index (χ0) is 23.7. The minimum Gasteiger partial charge on any atom is -0.354 e. The predicted molar refractivity (Wildman–Crippen MR) is 133 cm³/mol. The Labute approximate surface area is 198 Å². The second-order valence-electron chi connectivity index (χ2n) is 8.40. The predicted octanol–water partition coefficient (Wildman–Crippen LogP) is 3.64. The maximum atomic E-state index is 13.1. The van der Waals surface area contributed by atoms with Crippen LogP contribution in [0.2, 0.25) is 0 Å². The third kappa shape index (κ3) is 4.32. The van der Waals surface area contributed by atoms with Crippen LogP contribution in [-0.4, -0.2) is 55.3 Å². The number of hydrogen-bond acceptors (Lipinski definition) is 6. The highest BCUT2D eigenvalue weighted by Crippen LogP contribution is 2.28. The highest BCUT2D eigenvalue weighted by molar-refractivity contribution is 7.89. The summed E-state index contributed by atoms with van der Waals surface area (Å²) in [7, 11) is -2.45. The van der Waals surface area contributed by atoms with Crippen molar-refractivity contribution >= 4 is 49.4 Å². The van der Waals surface area contributed by atoms with Crippen molar-refractivity contribution < 1.29 is 13.2 Å². The first kappa shape index (κ1) is 22.2. The molecule has 0 saturated carbocycles. The molecule has 5 rings (SSSR count). The second kappa shape index (κ2) is 9.00. The number of sulfonamides is 1. The molecule has 0 unspecified atom stereocenters. The van der Waals surface area contributed by atoms with Crippen LogP contribution in [-0.2, 0) is 14.8 Å². The molecule has 1 fully saturated rings. The van der Waals surface area contributed by atoms with E-state index in [-0.39, 0.29) is 11.4 Å². The SMILES string of the molecule is CN(CC(=O)Nc1nc2ccccc2nc1N1CCCC1)S(=O)(=O)c1ccc2ccccc2c1. The number of aromatic nitrogens is 2. The average Bonchev–Trinajstić information content (AvgIpc) is 3.38. The van der Waals surface area contributed by atoms with Gasteiger partial charge in [0.25, 0.3) is 0 Å². The minimum atomic E-state index is -3.85. The van der Waals surface area contributed by atoms with E-state index in [2.05, 4.69) is 15.2 Å². The van der Waals surface area contributed by atoms with Crippen LogP contribution >= 0.6 is 0 Å². The summed E-state index contributed by atoms with van der Waals surface area (Å²) in [6.07, 6.45) is 2.10. The minimum absolute atomic E-state index is 0.143. The number of carbonyl (C=O) groups is 1. The number of hydrogen-bond donors (Lipinski definition) is 1. The van der Waals surface area contributed by atoms with Crippen LogP contribution in [0.1, 0.15) is 12.8 Å². The largest absolute Gasteiger partial charge is 0.354 e. The molecule has 1 aromatic heterocycles. The first-order valence-corrected chi connectivity index (χ1v) is 12.6. The monoisotopic (exact) mass is 475 g/mol. The summed E-state index contributed by atoms with van der Waals surface area (Å²) in [5.41, 5.74) is 1.41.